The summed E-state index contributed by atoms with van der Waals surface area (Å²) >= 11 is 5.89. The SMILES string of the molecule is Cc1ccccc1OCC(O)CNc1ccc(F)cc1Cl. The highest BCUT2D eigenvalue weighted by molar-refractivity contribution is 6.33. The Morgan fingerprint density at radius 1 is 1.29 bits per heavy atom. The minimum atomic E-state index is -0.703. The normalized spacial score (nSPS) is 12.0. The molecule has 0 aliphatic rings. The van der Waals surface area contributed by atoms with E-state index in [-0.39, 0.29) is 18.2 Å². The van der Waals surface area contributed by atoms with Gasteiger partial charge in [0, 0.05) is 6.54 Å². The molecule has 0 saturated carbocycles. The van der Waals surface area contributed by atoms with Gasteiger partial charge in [0.2, 0.25) is 0 Å². The fourth-order valence-electron chi connectivity index (χ4n) is 1.82. The molecule has 0 fully saturated rings. The fraction of sp³-hybridized carbons (Fsp3) is 0.250. The molecule has 112 valence electrons. The second-order valence-corrected chi connectivity index (χ2v) is 5.14. The van der Waals surface area contributed by atoms with Crippen LogP contribution in [0.15, 0.2) is 42.5 Å². The Kier molecular flexibility index (Phi) is 5.42. The Hall–Kier alpha value is -1.78. The van der Waals surface area contributed by atoms with Crippen LogP contribution in [0.3, 0.4) is 0 Å². The number of benzene rings is 2. The maximum atomic E-state index is 12.9. The predicted octanol–water partition coefficient (Wildman–Crippen LogP) is 3.64. The van der Waals surface area contributed by atoms with Gasteiger partial charge < -0.3 is 15.2 Å². The van der Waals surface area contributed by atoms with Gasteiger partial charge in [-0.2, -0.15) is 0 Å². The summed E-state index contributed by atoms with van der Waals surface area (Å²) in [4.78, 5) is 0. The van der Waals surface area contributed by atoms with Crippen molar-refractivity contribution in [1.82, 2.24) is 0 Å². The molecule has 0 aliphatic heterocycles. The third-order valence-electron chi connectivity index (χ3n) is 2.98. The summed E-state index contributed by atoms with van der Waals surface area (Å²) in [6.45, 7) is 2.37. The number of aliphatic hydroxyl groups excluding tert-OH is 1. The van der Waals surface area contributed by atoms with Gasteiger partial charge in [-0.3, -0.25) is 0 Å². The first-order chi connectivity index (χ1) is 10.1. The molecule has 1 unspecified atom stereocenters. The lowest BCUT2D eigenvalue weighted by atomic mass is 10.2. The van der Waals surface area contributed by atoms with Gasteiger partial charge >= 0.3 is 0 Å². The van der Waals surface area contributed by atoms with Crippen LogP contribution in [-0.4, -0.2) is 24.4 Å². The number of hydrogen-bond donors (Lipinski definition) is 2. The average Bonchev–Trinajstić information content (AvgIpc) is 2.45. The Labute approximate surface area is 128 Å². The molecule has 0 radical (unpaired) electrons. The maximum absolute atomic E-state index is 12.9. The summed E-state index contributed by atoms with van der Waals surface area (Å²) in [6, 6.07) is 11.7. The molecule has 5 heteroatoms. The van der Waals surface area contributed by atoms with E-state index < -0.39 is 11.9 Å². The van der Waals surface area contributed by atoms with E-state index in [1.807, 2.05) is 31.2 Å². The van der Waals surface area contributed by atoms with Gasteiger partial charge in [0.25, 0.3) is 0 Å². The number of hydrogen-bond acceptors (Lipinski definition) is 3. The zero-order valence-corrected chi connectivity index (χ0v) is 12.4. The second-order valence-electron chi connectivity index (χ2n) is 4.74. The van der Waals surface area contributed by atoms with Gasteiger partial charge in [0.1, 0.15) is 24.3 Å². The van der Waals surface area contributed by atoms with Gasteiger partial charge in [-0.15, -0.1) is 0 Å². The molecule has 0 saturated heterocycles. The van der Waals surface area contributed by atoms with Crippen molar-refractivity contribution in [3.8, 4) is 5.75 Å². The summed E-state index contributed by atoms with van der Waals surface area (Å²) < 4.78 is 18.5. The van der Waals surface area contributed by atoms with Crippen LogP contribution in [0.5, 0.6) is 5.75 Å². The summed E-state index contributed by atoms with van der Waals surface area (Å²) in [6.07, 6.45) is -0.703. The molecule has 0 bridgehead atoms. The van der Waals surface area contributed by atoms with Crippen LogP contribution in [0.1, 0.15) is 5.56 Å². The number of aryl methyl sites for hydroxylation is 1. The van der Waals surface area contributed by atoms with Crippen molar-refractivity contribution >= 4 is 17.3 Å². The average molecular weight is 310 g/mol. The van der Waals surface area contributed by atoms with Crippen LogP contribution in [0.4, 0.5) is 10.1 Å². The lowest BCUT2D eigenvalue weighted by Gasteiger charge is -2.15. The zero-order valence-electron chi connectivity index (χ0n) is 11.6. The van der Waals surface area contributed by atoms with E-state index in [1.165, 1.54) is 18.2 Å². The van der Waals surface area contributed by atoms with Crippen molar-refractivity contribution in [2.45, 2.75) is 13.0 Å². The van der Waals surface area contributed by atoms with Crippen LogP contribution in [-0.2, 0) is 0 Å². The molecule has 2 aromatic carbocycles. The van der Waals surface area contributed by atoms with Gasteiger partial charge in [-0.1, -0.05) is 29.8 Å². The van der Waals surface area contributed by atoms with Crippen LogP contribution < -0.4 is 10.1 Å². The number of anilines is 1. The van der Waals surface area contributed by atoms with Crippen molar-refractivity contribution in [3.05, 3.63) is 58.9 Å². The first-order valence-corrected chi connectivity index (χ1v) is 6.99. The first kappa shape index (κ1) is 15.6. The Morgan fingerprint density at radius 3 is 2.76 bits per heavy atom. The summed E-state index contributed by atoms with van der Waals surface area (Å²) in [7, 11) is 0. The van der Waals surface area contributed by atoms with Crippen LogP contribution in [0, 0.1) is 12.7 Å². The van der Waals surface area contributed by atoms with E-state index in [1.54, 1.807) is 0 Å². The molecule has 3 nitrogen and oxygen atoms in total. The second kappa shape index (κ2) is 7.29. The van der Waals surface area contributed by atoms with Gasteiger partial charge in [-0.05, 0) is 36.8 Å². The molecule has 2 rings (SSSR count). The molecule has 0 aromatic heterocycles. The Balaban J connectivity index is 1.82. The molecule has 0 heterocycles. The van der Waals surface area contributed by atoms with E-state index in [2.05, 4.69) is 5.32 Å². The van der Waals surface area contributed by atoms with Gasteiger partial charge in [0.15, 0.2) is 0 Å². The number of para-hydroxylation sites is 1. The number of halogens is 2. The standard InChI is InChI=1S/C16H17ClFNO2/c1-11-4-2-3-5-16(11)21-10-13(20)9-19-15-7-6-12(18)8-14(15)17/h2-8,13,19-20H,9-10H2,1H3. The first-order valence-electron chi connectivity index (χ1n) is 6.61. The minimum absolute atomic E-state index is 0.163. The molecule has 1 atom stereocenters. The van der Waals surface area contributed by atoms with Crippen molar-refractivity contribution in [2.24, 2.45) is 0 Å². The lowest BCUT2D eigenvalue weighted by molar-refractivity contribution is 0.117. The lowest BCUT2D eigenvalue weighted by Crippen LogP contribution is -2.26. The predicted molar refractivity (Wildman–Crippen MR) is 82.6 cm³/mol. The smallest absolute Gasteiger partial charge is 0.124 e. The monoisotopic (exact) mass is 309 g/mol. The van der Waals surface area contributed by atoms with E-state index in [9.17, 15) is 9.50 Å². The Bertz CT molecular complexity index is 607. The van der Waals surface area contributed by atoms with E-state index >= 15 is 0 Å². The van der Waals surface area contributed by atoms with Crippen molar-refractivity contribution in [1.29, 1.82) is 0 Å². The highest BCUT2D eigenvalue weighted by Crippen LogP contribution is 2.22. The highest BCUT2D eigenvalue weighted by Gasteiger charge is 2.08. The molecule has 0 amide bonds. The van der Waals surface area contributed by atoms with E-state index in [0.29, 0.717) is 5.69 Å². The minimum Gasteiger partial charge on any atom is -0.491 e. The van der Waals surface area contributed by atoms with Crippen LogP contribution in [0.25, 0.3) is 0 Å². The maximum Gasteiger partial charge on any atom is 0.124 e. The zero-order chi connectivity index (χ0) is 15.2. The molecule has 0 spiro atoms. The summed E-state index contributed by atoms with van der Waals surface area (Å²) in [5.41, 5.74) is 1.59. The van der Waals surface area contributed by atoms with Crippen LogP contribution >= 0.6 is 11.6 Å². The van der Waals surface area contributed by atoms with Crippen molar-refractivity contribution in [3.63, 3.8) is 0 Å². The largest absolute Gasteiger partial charge is 0.491 e. The van der Waals surface area contributed by atoms with Crippen LogP contribution in [0.2, 0.25) is 5.02 Å². The number of ether oxygens (including phenoxy) is 1. The number of rotatable bonds is 6. The summed E-state index contributed by atoms with van der Waals surface area (Å²) in [5, 5.41) is 13.1. The third-order valence-corrected chi connectivity index (χ3v) is 3.30. The highest BCUT2D eigenvalue weighted by atomic mass is 35.5. The number of aliphatic hydroxyl groups is 1. The van der Waals surface area contributed by atoms with Crippen molar-refractivity contribution in [2.75, 3.05) is 18.5 Å². The quantitative estimate of drug-likeness (QED) is 0.856. The molecule has 2 aromatic rings. The molecular weight excluding hydrogens is 293 g/mol. The Morgan fingerprint density at radius 2 is 2.05 bits per heavy atom. The molecular formula is C16H17ClFNO2. The molecule has 2 N–H and O–H groups in total. The van der Waals surface area contributed by atoms with E-state index in [4.69, 9.17) is 16.3 Å². The van der Waals surface area contributed by atoms with Crippen molar-refractivity contribution < 1.29 is 14.2 Å². The van der Waals surface area contributed by atoms with E-state index in [0.717, 1.165) is 11.3 Å². The number of nitrogens with one attached hydrogen (secondary N) is 1. The topological polar surface area (TPSA) is 41.5 Å². The van der Waals surface area contributed by atoms with Gasteiger partial charge in [0.05, 0.1) is 10.7 Å². The molecule has 0 aliphatic carbocycles. The van der Waals surface area contributed by atoms with Gasteiger partial charge in [-0.25, -0.2) is 4.39 Å². The fourth-order valence-corrected chi connectivity index (χ4v) is 2.06. The summed E-state index contributed by atoms with van der Waals surface area (Å²) in [5.74, 6) is 0.352. The molecule has 21 heavy (non-hydrogen) atoms. The third kappa shape index (κ3) is 4.62.